The van der Waals surface area contributed by atoms with Gasteiger partial charge >= 0.3 is 0 Å². The number of benzene rings is 2. The Labute approximate surface area is 157 Å². The SMILES string of the molecule is C=C(/C=N\NC(C)c1cc(C)ccc1C)S(=O)(=O)c1ccc(Br)cc1. The average Bonchev–Trinajstić information content (AvgIpc) is 2.57. The number of halogens is 1. The molecule has 0 aliphatic rings. The predicted octanol–water partition coefficient (Wildman–Crippen LogP) is 4.69. The van der Waals surface area contributed by atoms with Crippen molar-refractivity contribution in [2.24, 2.45) is 5.10 Å². The third-order valence-electron chi connectivity index (χ3n) is 3.85. The van der Waals surface area contributed by atoms with E-state index in [1.165, 1.54) is 23.9 Å². The number of nitrogens with one attached hydrogen (secondary N) is 1. The first-order valence-electron chi connectivity index (χ1n) is 7.77. The molecule has 0 radical (unpaired) electrons. The van der Waals surface area contributed by atoms with Crippen molar-refractivity contribution < 1.29 is 8.42 Å². The first-order valence-corrected chi connectivity index (χ1v) is 10.0. The molecule has 132 valence electrons. The van der Waals surface area contributed by atoms with Crippen LogP contribution in [0.3, 0.4) is 0 Å². The maximum atomic E-state index is 12.5. The Balaban J connectivity index is 2.09. The fraction of sp³-hybridized carbons (Fsp3) is 0.211. The van der Waals surface area contributed by atoms with Crippen LogP contribution in [0.2, 0.25) is 0 Å². The smallest absolute Gasteiger partial charge is 0.207 e. The summed E-state index contributed by atoms with van der Waals surface area (Å²) in [6, 6.07) is 12.6. The molecule has 25 heavy (non-hydrogen) atoms. The van der Waals surface area contributed by atoms with Gasteiger partial charge in [-0.15, -0.1) is 0 Å². The molecule has 0 amide bonds. The van der Waals surface area contributed by atoms with E-state index in [1.54, 1.807) is 12.1 Å². The number of rotatable bonds is 6. The van der Waals surface area contributed by atoms with Gasteiger partial charge in [0.1, 0.15) is 0 Å². The minimum absolute atomic E-state index is 0.0423. The normalized spacial score (nSPS) is 13.0. The van der Waals surface area contributed by atoms with Gasteiger partial charge in [0.15, 0.2) is 0 Å². The minimum Gasteiger partial charge on any atom is -0.303 e. The molecule has 2 rings (SSSR count). The van der Waals surface area contributed by atoms with Crippen molar-refractivity contribution in [2.45, 2.75) is 31.7 Å². The van der Waals surface area contributed by atoms with E-state index < -0.39 is 9.84 Å². The molecular weight excluding hydrogens is 400 g/mol. The lowest BCUT2D eigenvalue weighted by atomic mass is 10.0. The zero-order valence-corrected chi connectivity index (χ0v) is 16.9. The van der Waals surface area contributed by atoms with Gasteiger partial charge in [0, 0.05) is 4.47 Å². The molecule has 0 aliphatic carbocycles. The van der Waals surface area contributed by atoms with Crippen molar-refractivity contribution in [3.05, 3.63) is 75.1 Å². The maximum Gasteiger partial charge on any atom is 0.207 e. The summed E-state index contributed by atoms with van der Waals surface area (Å²) in [5.41, 5.74) is 6.41. The molecular formula is C19H21BrN2O2S. The van der Waals surface area contributed by atoms with Crippen molar-refractivity contribution in [2.75, 3.05) is 0 Å². The van der Waals surface area contributed by atoms with Gasteiger partial charge in [0.05, 0.1) is 22.1 Å². The summed E-state index contributed by atoms with van der Waals surface area (Å²) in [6.45, 7) is 9.68. The van der Waals surface area contributed by atoms with E-state index in [9.17, 15) is 8.42 Å². The first-order chi connectivity index (χ1) is 11.7. The van der Waals surface area contributed by atoms with E-state index in [-0.39, 0.29) is 15.8 Å². The topological polar surface area (TPSA) is 58.5 Å². The second kappa shape index (κ2) is 7.97. The van der Waals surface area contributed by atoms with Crippen molar-refractivity contribution in [3.8, 4) is 0 Å². The number of hydrogen-bond acceptors (Lipinski definition) is 4. The molecule has 0 aliphatic heterocycles. The molecule has 2 aromatic carbocycles. The summed E-state index contributed by atoms with van der Waals surface area (Å²) in [5, 5.41) is 4.06. The number of nitrogens with zero attached hydrogens (tertiary/aromatic N) is 1. The van der Waals surface area contributed by atoms with E-state index >= 15 is 0 Å². The molecule has 4 nitrogen and oxygen atoms in total. The molecule has 0 fully saturated rings. The summed E-state index contributed by atoms with van der Waals surface area (Å²) in [6.07, 6.45) is 1.25. The average molecular weight is 421 g/mol. The van der Waals surface area contributed by atoms with Gasteiger partial charge in [-0.05, 0) is 56.2 Å². The van der Waals surface area contributed by atoms with Crippen LogP contribution in [0.4, 0.5) is 0 Å². The van der Waals surface area contributed by atoms with E-state index in [4.69, 9.17) is 0 Å². The lowest BCUT2D eigenvalue weighted by molar-refractivity contribution is 0.600. The number of sulfone groups is 1. The molecule has 0 saturated heterocycles. The van der Waals surface area contributed by atoms with Gasteiger partial charge in [0.25, 0.3) is 0 Å². The van der Waals surface area contributed by atoms with Gasteiger partial charge in [-0.3, -0.25) is 0 Å². The molecule has 0 saturated carbocycles. The Hall–Kier alpha value is -1.92. The van der Waals surface area contributed by atoms with E-state index in [1.807, 2.05) is 20.8 Å². The fourth-order valence-corrected chi connectivity index (χ4v) is 3.60. The van der Waals surface area contributed by atoms with Crippen LogP contribution < -0.4 is 5.43 Å². The van der Waals surface area contributed by atoms with Crippen LogP contribution in [0.25, 0.3) is 0 Å². The van der Waals surface area contributed by atoms with Crippen molar-refractivity contribution in [1.82, 2.24) is 5.43 Å². The fourth-order valence-electron chi connectivity index (χ4n) is 2.35. The number of allylic oxidation sites excluding steroid dienone is 1. The molecule has 1 atom stereocenters. The van der Waals surface area contributed by atoms with E-state index in [0.717, 1.165) is 15.6 Å². The van der Waals surface area contributed by atoms with Crippen LogP contribution in [0, 0.1) is 13.8 Å². The Morgan fingerprint density at radius 3 is 2.48 bits per heavy atom. The molecule has 0 bridgehead atoms. The van der Waals surface area contributed by atoms with Gasteiger partial charge in [-0.25, -0.2) is 8.42 Å². The van der Waals surface area contributed by atoms with E-state index in [2.05, 4.69) is 51.2 Å². The molecule has 1 unspecified atom stereocenters. The Bertz CT molecular complexity index is 904. The van der Waals surface area contributed by atoms with Crippen LogP contribution in [-0.4, -0.2) is 14.6 Å². The minimum atomic E-state index is -3.64. The monoisotopic (exact) mass is 420 g/mol. The Morgan fingerprint density at radius 1 is 1.20 bits per heavy atom. The standard InChI is InChI=1S/C19H21BrN2O2S/c1-13-5-6-14(2)19(11-13)16(4)22-21-12-15(3)25(23,24)18-9-7-17(20)8-10-18/h5-12,16,22H,3H2,1-2,4H3/b21-12-. The number of hydrogen-bond donors (Lipinski definition) is 1. The molecule has 1 N–H and O–H groups in total. The summed E-state index contributed by atoms with van der Waals surface area (Å²) in [4.78, 5) is 0.130. The highest BCUT2D eigenvalue weighted by Crippen LogP contribution is 2.21. The largest absolute Gasteiger partial charge is 0.303 e. The van der Waals surface area contributed by atoms with E-state index in [0.29, 0.717) is 0 Å². The second-order valence-corrected chi connectivity index (χ2v) is 8.81. The van der Waals surface area contributed by atoms with Gasteiger partial charge in [-0.1, -0.05) is 46.3 Å². The lowest BCUT2D eigenvalue weighted by Gasteiger charge is -2.15. The van der Waals surface area contributed by atoms with Gasteiger partial charge < -0.3 is 5.43 Å². The Kier molecular flexibility index (Phi) is 6.19. The van der Waals surface area contributed by atoms with Crippen LogP contribution in [-0.2, 0) is 9.84 Å². The lowest BCUT2D eigenvalue weighted by Crippen LogP contribution is -2.15. The quantitative estimate of drug-likeness (QED) is 0.544. The summed E-state index contributed by atoms with van der Waals surface area (Å²) >= 11 is 3.29. The first kappa shape index (κ1) is 19.4. The van der Waals surface area contributed by atoms with Crippen LogP contribution in [0.1, 0.15) is 29.7 Å². The molecule has 0 aromatic heterocycles. The van der Waals surface area contributed by atoms with Gasteiger partial charge in [-0.2, -0.15) is 5.10 Å². The van der Waals surface area contributed by atoms with Crippen molar-refractivity contribution in [3.63, 3.8) is 0 Å². The third kappa shape index (κ3) is 4.80. The predicted molar refractivity (Wildman–Crippen MR) is 106 cm³/mol. The van der Waals surface area contributed by atoms with Gasteiger partial charge in [0.2, 0.25) is 9.84 Å². The highest BCUT2D eigenvalue weighted by atomic mass is 79.9. The molecule has 0 spiro atoms. The van der Waals surface area contributed by atoms with Crippen molar-refractivity contribution in [1.29, 1.82) is 0 Å². The van der Waals surface area contributed by atoms with Crippen molar-refractivity contribution >= 4 is 32.0 Å². The Morgan fingerprint density at radius 2 is 1.84 bits per heavy atom. The maximum absolute atomic E-state index is 12.5. The third-order valence-corrected chi connectivity index (χ3v) is 6.06. The molecule has 0 heterocycles. The van der Waals surface area contributed by atoms with Crippen LogP contribution in [0.15, 0.2) is 68.4 Å². The van der Waals surface area contributed by atoms with Crippen LogP contribution >= 0.6 is 15.9 Å². The molecule has 2 aromatic rings. The zero-order chi connectivity index (χ0) is 18.6. The van der Waals surface area contributed by atoms with Crippen LogP contribution in [0.5, 0.6) is 0 Å². The number of hydrazone groups is 1. The zero-order valence-electron chi connectivity index (χ0n) is 14.5. The summed E-state index contributed by atoms with van der Waals surface area (Å²) in [5.74, 6) is 0. The summed E-state index contributed by atoms with van der Waals surface area (Å²) in [7, 11) is -3.64. The number of aryl methyl sites for hydroxylation is 2. The summed E-state index contributed by atoms with van der Waals surface area (Å²) < 4.78 is 25.7. The highest BCUT2D eigenvalue weighted by Gasteiger charge is 2.17. The highest BCUT2D eigenvalue weighted by molar-refractivity contribution is 9.10. The second-order valence-electron chi connectivity index (χ2n) is 5.89. The molecule has 6 heteroatoms.